The van der Waals surface area contributed by atoms with Crippen molar-refractivity contribution in [3.05, 3.63) is 95.8 Å². The van der Waals surface area contributed by atoms with Crippen LogP contribution in [0.5, 0.6) is 0 Å². The number of nitrogens with zero attached hydrogens (tertiary/aromatic N) is 4. The molecule has 2 aromatic carbocycles. The van der Waals surface area contributed by atoms with E-state index in [0.29, 0.717) is 12.4 Å². The van der Waals surface area contributed by atoms with E-state index < -0.39 is 5.97 Å². The van der Waals surface area contributed by atoms with Crippen LogP contribution in [0.1, 0.15) is 22.9 Å². The number of esters is 1. The van der Waals surface area contributed by atoms with Crippen molar-refractivity contribution < 1.29 is 13.9 Å². The third-order valence-corrected chi connectivity index (χ3v) is 4.33. The quantitative estimate of drug-likeness (QED) is 0.344. The Labute approximate surface area is 173 Å². The fourth-order valence-corrected chi connectivity index (χ4v) is 2.97. The maximum atomic E-state index is 12.1. The molecule has 7 heteroatoms. The summed E-state index contributed by atoms with van der Waals surface area (Å²) in [6, 6.07) is 19.9. The van der Waals surface area contributed by atoms with Crippen molar-refractivity contribution in [3.63, 3.8) is 0 Å². The van der Waals surface area contributed by atoms with Gasteiger partial charge in [0.15, 0.2) is 6.61 Å². The molecule has 0 amide bonds. The first kappa shape index (κ1) is 19.3. The lowest BCUT2D eigenvalue weighted by atomic mass is 10.1. The Morgan fingerprint density at radius 3 is 2.50 bits per heavy atom. The summed E-state index contributed by atoms with van der Waals surface area (Å²) < 4.78 is 12.2. The van der Waals surface area contributed by atoms with Gasteiger partial charge < -0.3 is 9.15 Å². The summed E-state index contributed by atoms with van der Waals surface area (Å²) in [7, 11) is 0. The number of ether oxygens (including phenoxy) is 1. The Balaban J connectivity index is 1.52. The molecular formula is C23H20N4O3. The minimum absolute atomic E-state index is 0.0666. The smallest absolute Gasteiger partial charge is 0.331 e. The van der Waals surface area contributed by atoms with Crippen molar-refractivity contribution in [3.8, 4) is 11.3 Å². The maximum absolute atomic E-state index is 12.1. The number of aromatic nitrogens is 4. The summed E-state index contributed by atoms with van der Waals surface area (Å²) in [6.07, 6.45) is 5.00. The van der Waals surface area contributed by atoms with E-state index in [-0.39, 0.29) is 12.5 Å². The van der Waals surface area contributed by atoms with Crippen LogP contribution in [0, 0.1) is 6.92 Å². The average molecular weight is 400 g/mol. The maximum Gasteiger partial charge on any atom is 0.331 e. The van der Waals surface area contributed by atoms with Crippen LogP contribution in [0.2, 0.25) is 0 Å². The predicted molar refractivity (Wildman–Crippen MR) is 111 cm³/mol. The van der Waals surface area contributed by atoms with Crippen molar-refractivity contribution in [1.82, 2.24) is 20.0 Å². The van der Waals surface area contributed by atoms with Gasteiger partial charge in [0.25, 0.3) is 5.89 Å². The first-order chi connectivity index (χ1) is 14.7. The topological polar surface area (TPSA) is 83.0 Å². The number of hydrogen-bond donors (Lipinski definition) is 0. The third-order valence-electron chi connectivity index (χ3n) is 4.33. The molecule has 0 atom stereocenters. The van der Waals surface area contributed by atoms with Crippen LogP contribution in [0.4, 0.5) is 0 Å². The van der Waals surface area contributed by atoms with Gasteiger partial charge in [0.05, 0.1) is 12.2 Å². The monoisotopic (exact) mass is 400 g/mol. The minimum atomic E-state index is -0.499. The van der Waals surface area contributed by atoms with Gasteiger partial charge in [0.2, 0.25) is 5.89 Å². The van der Waals surface area contributed by atoms with Gasteiger partial charge in [-0.05, 0) is 11.6 Å². The first-order valence-corrected chi connectivity index (χ1v) is 9.48. The second-order valence-electron chi connectivity index (χ2n) is 6.64. The number of carbonyl (C=O) groups excluding carboxylic acids is 1. The zero-order valence-electron chi connectivity index (χ0n) is 16.4. The number of rotatable bonds is 7. The van der Waals surface area contributed by atoms with Gasteiger partial charge in [-0.1, -0.05) is 60.7 Å². The van der Waals surface area contributed by atoms with Crippen molar-refractivity contribution in [1.29, 1.82) is 0 Å². The standard InChI is InChI=1S/C23H20N4O3/c1-17-24-25-21(30-17)16-29-22(28)13-12-20-15-27(14-18-8-4-2-5-9-18)26-23(20)19-10-6-3-7-11-19/h2-13,15H,14,16H2,1H3/b13-12+. The van der Waals surface area contributed by atoms with E-state index >= 15 is 0 Å². The van der Waals surface area contributed by atoms with Crippen molar-refractivity contribution in [2.24, 2.45) is 0 Å². The Hall–Kier alpha value is -4.00. The molecule has 0 aliphatic heterocycles. The zero-order valence-corrected chi connectivity index (χ0v) is 16.4. The van der Waals surface area contributed by atoms with Crippen molar-refractivity contribution >= 4 is 12.0 Å². The van der Waals surface area contributed by atoms with Crippen LogP contribution < -0.4 is 0 Å². The molecular weight excluding hydrogens is 380 g/mol. The highest BCUT2D eigenvalue weighted by atomic mass is 16.5. The van der Waals surface area contributed by atoms with E-state index in [1.807, 2.05) is 59.4 Å². The van der Waals surface area contributed by atoms with Gasteiger partial charge >= 0.3 is 5.97 Å². The lowest BCUT2D eigenvalue weighted by Crippen LogP contribution is -2.01. The molecule has 0 aliphatic rings. The summed E-state index contributed by atoms with van der Waals surface area (Å²) in [6.45, 7) is 2.24. The Morgan fingerprint density at radius 1 is 1.07 bits per heavy atom. The highest BCUT2D eigenvalue weighted by Gasteiger charge is 2.11. The van der Waals surface area contributed by atoms with Gasteiger partial charge in [0, 0.05) is 30.3 Å². The third kappa shape index (κ3) is 4.88. The highest BCUT2D eigenvalue weighted by molar-refractivity contribution is 5.88. The van der Waals surface area contributed by atoms with E-state index in [1.54, 1.807) is 13.0 Å². The van der Waals surface area contributed by atoms with Crippen LogP contribution in [0.25, 0.3) is 17.3 Å². The second kappa shape index (κ2) is 9.00. The molecule has 2 aromatic heterocycles. The fraction of sp³-hybridized carbons (Fsp3) is 0.130. The molecule has 0 aliphatic carbocycles. The summed E-state index contributed by atoms with van der Waals surface area (Å²) in [5, 5.41) is 12.2. The molecule has 4 aromatic rings. The summed E-state index contributed by atoms with van der Waals surface area (Å²) in [4.78, 5) is 12.1. The highest BCUT2D eigenvalue weighted by Crippen LogP contribution is 2.23. The molecule has 0 radical (unpaired) electrons. The SMILES string of the molecule is Cc1nnc(COC(=O)/C=C/c2cn(Cc3ccccc3)nc2-c2ccccc2)o1. The normalized spacial score (nSPS) is 11.1. The van der Waals surface area contributed by atoms with E-state index in [0.717, 1.165) is 22.4 Å². The number of aryl methyl sites for hydroxylation is 1. The average Bonchev–Trinajstić information content (AvgIpc) is 3.38. The molecule has 150 valence electrons. The number of benzene rings is 2. The van der Waals surface area contributed by atoms with E-state index in [4.69, 9.17) is 14.3 Å². The molecule has 0 spiro atoms. The van der Waals surface area contributed by atoms with Crippen LogP contribution in [-0.2, 0) is 22.7 Å². The molecule has 0 unspecified atom stereocenters. The molecule has 7 nitrogen and oxygen atoms in total. The predicted octanol–water partition coefficient (Wildman–Crippen LogP) is 4.05. The van der Waals surface area contributed by atoms with Gasteiger partial charge in [-0.15, -0.1) is 10.2 Å². The summed E-state index contributed by atoms with van der Waals surface area (Å²) in [5.41, 5.74) is 3.73. The van der Waals surface area contributed by atoms with E-state index in [9.17, 15) is 4.79 Å². The molecule has 0 bridgehead atoms. The molecule has 0 saturated carbocycles. The Kier molecular flexibility index (Phi) is 5.80. The van der Waals surface area contributed by atoms with Crippen LogP contribution >= 0.6 is 0 Å². The fourth-order valence-electron chi connectivity index (χ4n) is 2.97. The van der Waals surface area contributed by atoms with Crippen LogP contribution in [0.15, 0.2) is 77.4 Å². The van der Waals surface area contributed by atoms with Crippen molar-refractivity contribution in [2.75, 3.05) is 0 Å². The van der Waals surface area contributed by atoms with E-state index in [2.05, 4.69) is 22.3 Å². The molecule has 0 fully saturated rings. The largest absolute Gasteiger partial charge is 0.452 e. The molecule has 0 N–H and O–H groups in total. The molecule has 4 rings (SSSR count). The molecule has 2 heterocycles. The van der Waals surface area contributed by atoms with Gasteiger partial charge in [0.1, 0.15) is 0 Å². The summed E-state index contributed by atoms with van der Waals surface area (Å²) in [5.74, 6) is 0.186. The van der Waals surface area contributed by atoms with Gasteiger partial charge in [-0.3, -0.25) is 4.68 Å². The van der Waals surface area contributed by atoms with E-state index in [1.165, 1.54) is 6.08 Å². The van der Waals surface area contributed by atoms with Crippen LogP contribution in [0.3, 0.4) is 0 Å². The first-order valence-electron chi connectivity index (χ1n) is 9.48. The number of hydrogen-bond acceptors (Lipinski definition) is 6. The Morgan fingerprint density at radius 2 is 1.80 bits per heavy atom. The number of carbonyl (C=O) groups is 1. The lowest BCUT2D eigenvalue weighted by Gasteiger charge is -2.01. The van der Waals surface area contributed by atoms with Crippen molar-refractivity contribution in [2.45, 2.75) is 20.1 Å². The minimum Gasteiger partial charge on any atom is -0.452 e. The molecule has 0 saturated heterocycles. The lowest BCUT2D eigenvalue weighted by molar-refractivity contribution is -0.139. The van der Waals surface area contributed by atoms with Gasteiger partial charge in [-0.25, -0.2) is 4.79 Å². The molecule has 30 heavy (non-hydrogen) atoms. The van der Waals surface area contributed by atoms with Crippen LogP contribution in [-0.4, -0.2) is 25.9 Å². The zero-order chi connectivity index (χ0) is 20.8. The van der Waals surface area contributed by atoms with Gasteiger partial charge in [-0.2, -0.15) is 5.10 Å². The second-order valence-corrected chi connectivity index (χ2v) is 6.64. The Bertz CT molecular complexity index is 1150. The summed E-state index contributed by atoms with van der Waals surface area (Å²) >= 11 is 0.